The average molecular weight is 749 g/mol. The number of aromatic nitrogens is 5. The number of halogens is 1. The molecule has 2 aromatic heterocycles. The lowest BCUT2D eigenvalue weighted by molar-refractivity contribution is 0.173. The molecule has 2 atom stereocenters. The van der Waals surface area contributed by atoms with Gasteiger partial charge >= 0.3 is 0 Å². The number of H-pyrrole nitrogens is 1. The fraction of sp³-hybridized carbons (Fsp3) is 0.390. The molecule has 3 aromatic carbocycles. The smallest absolute Gasteiger partial charge is 0.165 e. The van der Waals surface area contributed by atoms with Crippen LogP contribution in [0.25, 0.3) is 11.1 Å². The van der Waals surface area contributed by atoms with Crippen molar-refractivity contribution in [3.63, 3.8) is 0 Å². The molecule has 0 radical (unpaired) electrons. The van der Waals surface area contributed by atoms with Crippen LogP contribution in [0.15, 0.2) is 67.0 Å². The Bertz CT molecular complexity index is 2090. The number of aliphatic hydroxyl groups is 1. The summed E-state index contributed by atoms with van der Waals surface area (Å²) in [7, 11) is 0. The molecule has 2 saturated heterocycles. The van der Waals surface area contributed by atoms with E-state index in [-0.39, 0.29) is 18.8 Å². The number of rotatable bonds is 15. The third-order valence-electron chi connectivity index (χ3n) is 10.4. The van der Waals surface area contributed by atoms with Gasteiger partial charge in [0.1, 0.15) is 36.5 Å². The summed E-state index contributed by atoms with van der Waals surface area (Å²) >= 11 is 6.93. The highest BCUT2D eigenvalue weighted by Gasteiger charge is 2.30. The SMILES string of the molecule is Cc1c(COc2cc(OCc3cncc(C#N)c3)c(CN3CCCC3c3nnn[nH]3)cc2Cl)cccc1-c1cccc(OCCCN2CC[C@@H](O)C2)c1C. The van der Waals surface area contributed by atoms with Gasteiger partial charge in [0.2, 0.25) is 0 Å². The largest absolute Gasteiger partial charge is 0.493 e. The molecular formula is C41H45ClN8O4. The first-order valence-corrected chi connectivity index (χ1v) is 18.9. The Hall–Kier alpha value is -5.06. The number of nitriles is 1. The maximum Gasteiger partial charge on any atom is 0.165 e. The lowest BCUT2D eigenvalue weighted by Crippen LogP contribution is -2.24. The summed E-state index contributed by atoms with van der Waals surface area (Å²) in [6.45, 7) is 9.43. The second-order valence-electron chi connectivity index (χ2n) is 14.0. The summed E-state index contributed by atoms with van der Waals surface area (Å²) in [5.41, 5.74) is 7.63. The molecule has 2 fully saturated rings. The molecule has 12 nitrogen and oxygen atoms in total. The van der Waals surface area contributed by atoms with E-state index in [0.29, 0.717) is 41.8 Å². The van der Waals surface area contributed by atoms with Gasteiger partial charge in [-0.3, -0.25) is 9.88 Å². The Morgan fingerprint density at radius 2 is 1.76 bits per heavy atom. The molecule has 54 heavy (non-hydrogen) atoms. The Morgan fingerprint density at radius 3 is 2.56 bits per heavy atom. The van der Waals surface area contributed by atoms with Crippen LogP contribution in [0.4, 0.5) is 0 Å². The van der Waals surface area contributed by atoms with Crippen LogP contribution in [-0.4, -0.2) is 79.4 Å². The van der Waals surface area contributed by atoms with E-state index in [9.17, 15) is 10.4 Å². The van der Waals surface area contributed by atoms with Crippen molar-refractivity contribution in [2.24, 2.45) is 0 Å². The minimum atomic E-state index is -0.204. The second kappa shape index (κ2) is 17.4. The molecule has 2 N–H and O–H groups in total. The number of aromatic amines is 1. The summed E-state index contributed by atoms with van der Waals surface area (Å²) in [6, 6.07) is 20.2. The van der Waals surface area contributed by atoms with Gasteiger partial charge in [-0.15, -0.1) is 5.10 Å². The minimum absolute atomic E-state index is 0.0563. The summed E-state index contributed by atoms with van der Waals surface area (Å²) in [6.07, 6.45) is 6.74. The van der Waals surface area contributed by atoms with Gasteiger partial charge in [0.05, 0.1) is 29.3 Å². The van der Waals surface area contributed by atoms with Gasteiger partial charge in [-0.2, -0.15) is 5.26 Å². The fourth-order valence-corrected chi connectivity index (χ4v) is 7.66. The molecule has 0 amide bonds. The molecule has 4 heterocycles. The number of hydrogen-bond donors (Lipinski definition) is 2. The molecule has 0 spiro atoms. The van der Waals surface area contributed by atoms with E-state index in [1.807, 2.05) is 24.3 Å². The third kappa shape index (κ3) is 8.83. The quantitative estimate of drug-likeness (QED) is 0.110. The highest BCUT2D eigenvalue weighted by atomic mass is 35.5. The average Bonchev–Trinajstić information content (AvgIpc) is 3.97. The number of pyridine rings is 1. The van der Waals surface area contributed by atoms with Crippen molar-refractivity contribution in [1.29, 1.82) is 5.26 Å². The standard InChI is InChI=1S/C41H45ClN8O4/c1-27-31(7-3-8-34(27)35-9-4-11-38(28(35)2)52-16-6-13-49-15-12-33(51)24-49)26-54-40-19-39(53-25-30-17-29(20-43)21-44-22-30)32(18-36(40)42)23-50-14-5-10-37(50)41-45-47-48-46-41/h3-4,7-9,11,17-19,21-22,33,37,51H,5-6,10,12-16,23-26H2,1-2H3,(H,45,46,47,48)/t33-,37?/m1/s1. The van der Waals surface area contributed by atoms with E-state index in [4.69, 9.17) is 25.8 Å². The Morgan fingerprint density at radius 1 is 0.926 bits per heavy atom. The van der Waals surface area contributed by atoms with Gasteiger partial charge in [0, 0.05) is 55.8 Å². The molecule has 280 valence electrons. The predicted octanol–water partition coefficient (Wildman–Crippen LogP) is 6.73. The summed E-state index contributed by atoms with van der Waals surface area (Å²) in [5.74, 6) is 2.76. The number of ether oxygens (including phenoxy) is 3. The number of benzene rings is 3. The normalized spacial score (nSPS) is 17.5. The molecule has 13 heteroatoms. The maximum atomic E-state index is 9.81. The molecular weight excluding hydrogens is 704 g/mol. The summed E-state index contributed by atoms with van der Waals surface area (Å²) in [4.78, 5) is 8.80. The van der Waals surface area contributed by atoms with Crippen molar-refractivity contribution in [2.45, 2.75) is 71.4 Å². The van der Waals surface area contributed by atoms with Crippen LogP contribution in [0.3, 0.4) is 0 Å². The topological polar surface area (TPSA) is 146 Å². The number of nitrogens with zero attached hydrogens (tertiary/aromatic N) is 7. The molecule has 7 rings (SSSR count). The van der Waals surface area contributed by atoms with Crippen LogP contribution in [0.5, 0.6) is 17.2 Å². The van der Waals surface area contributed by atoms with Crippen molar-refractivity contribution in [1.82, 2.24) is 35.4 Å². The lowest BCUT2D eigenvalue weighted by Gasteiger charge is -2.24. The van der Waals surface area contributed by atoms with Crippen LogP contribution in [0, 0.1) is 25.2 Å². The van der Waals surface area contributed by atoms with E-state index in [2.05, 4.69) is 79.6 Å². The molecule has 0 bridgehead atoms. The van der Waals surface area contributed by atoms with E-state index < -0.39 is 0 Å². The van der Waals surface area contributed by atoms with Gasteiger partial charge in [0.15, 0.2) is 5.82 Å². The number of aliphatic hydroxyl groups excluding tert-OH is 1. The number of hydrogen-bond acceptors (Lipinski definition) is 11. The van der Waals surface area contributed by atoms with Crippen LogP contribution in [0.1, 0.15) is 70.9 Å². The number of likely N-dealkylation sites (tertiary alicyclic amines) is 2. The Kier molecular flexibility index (Phi) is 12.0. The van der Waals surface area contributed by atoms with Crippen molar-refractivity contribution in [3.8, 4) is 34.4 Å². The number of nitrogens with one attached hydrogen (secondary N) is 1. The van der Waals surface area contributed by atoms with Crippen molar-refractivity contribution in [3.05, 3.63) is 111 Å². The zero-order valence-corrected chi connectivity index (χ0v) is 31.4. The zero-order valence-electron chi connectivity index (χ0n) is 30.7. The van der Waals surface area contributed by atoms with Crippen LogP contribution < -0.4 is 14.2 Å². The number of β-amino-alcohol motifs (C(OH)–C–C–N with tert-alkyl or cyclic N) is 1. The van der Waals surface area contributed by atoms with Crippen LogP contribution in [0.2, 0.25) is 5.02 Å². The van der Waals surface area contributed by atoms with Gasteiger partial charge < -0.3 is 24.2 Å². The van der Waals surface area contributed by atoms with Gasteiger partial charge in [0.25, 0.3) is 0 Å². The van der Waals surface area contributed by atoms with E-state index in [1.165, 1.54) is 6.20 Å². The Balaban J connectivity index is 1.07. The summed E-state index contributed by atoms with van der Waals surface area (Å²) < 4.78 is 19.1. The highest BCUT2D eigenvalue weighted by molar-refractivity contribution is 6.32. The molecule has 1 unspecified atom stereocenters. The maximum absolute atomic E-state index is 9.81. The van der Waals surface area contributed by atoms with Gasteiger partial charge in [-0.1, -0.05) is 41.9 Å². The summed E-state index contributed by atoms with van der Waals surface area (Å²) in [5, 5.41) is 34.4. The van der Waals surface area contributed by atoms with Crippen molar-refractivity contribution in [2.75, 3.05) is 32.8 Å². The monoisotopic (exact) mass is 748 g/mol. The first kappa shape index (κ1) is 37.3. The van der Waals surface area contributed by atoms with Gasteiger partial charge in [-0.25, -0.2) is 5.10 Å². The van der Waals surface area contributed by atoms with Crippen molar-refractivity contribution < 1.29 is 19.3 Å². The fourth-order valence-electron chi connectivity index (χ4n) is 7.42. The molecule has 2 aliphatic heterocycles. The second-order valence-corrected chi connectivity index (χ2v) is 14.4. The molecule has 0 saturated carbocycles. The zero-order chi connectivity index (χ0) is 37.4. The van der Waals surface area contributed by atoms with E-state index in [1.54, 1.807) is 12.3 Å². The third-order valence-corrected chi connectivity index (χ3v) is 10.7. The Labute approximate surface area is 320 Å². The molecule has 5 aromatic rings. The van der Waals surface area contributed by atoms with Crippen LogP contribution in [-0.2, 0) is 19.8 Å². The number of tetrazole rings is 1. The predicted molar refractivity (Wildman–Crippen MR) is 204 cm³/mol. The van der Waals surface area contributed by atoms with E-state index >= 15 is 0 Å². The van der Waals surface area contributed by atoms with Crippen molar-refractivity contribution >= 4 is 11.6 Å². The van der Waals surface area contributed by atoms with E-state index in [0.717, 1.165) is 102 Å². The van der Waals surface area contributed by atoms with Crippen LogP contribution >= 0.6 is 11.6 Å². The lowest BCUT2D eigenvalue weighted by atomic mass is 9.93. The molecule has 2 aliphatic rings. The highest BCUT2D eigenvalue weighted by Crippen LogP contribution is 2.39. The first-order chi connectivity index (χ1) is 26.4. The minimum Gasteiger partial charge on any atom is -0.493 e. The van der Waals surface area contributed by atoms with Gasteiger partial charge in [-0.05, 0) is 103 Å². The molecule has 0 aliphatic carbocycles. The first-order valence-electron chi connectivity index (χ1n) is 18.5.